The molecule has 3 aromatic heterocycles. The van der Waals surface area contributed by atoms with Gasteiger partial charge in [0.2, 0.25) is 0 Å². The van der Waals surface area contributed by atoms with E-state index < -0.39 is 0 Å². The van der Waals surface area contributed by atoms with Crippen LogP contribution in [0.15, 0.2) is 23.6 Å². The van der Waals surface area contributed by atoms with Gasteiger partial charge in [0.1, 0.15) is 5.00 Å². The molecule has 1 fully saturated rings. The van der Waals surface area contributed by atoms with Gasteiger partial charge in [-0.1, -0.05) is 0 Å². The Labute approximate surface area is 167 Å². The highest BCUT2D eigenvalue weighted by Gasteiger charge is 2.24. The van der Waals surface area contributed by atoms with Crippen molar-refractivity contribution in [2.75, 3.05) is 32.0 Å². The summed E-state index contributed by atoms with van der Waals surface area (Å²) in [5.41, 5.74) is 4.10. The Kier molecular flexibility index (Phi) is 4.48. The van der Waals surface area contributed by atoms with E-state index in [0.29, 0.717) is 5.92 Å². The molecular weight excluding hydrogens is 372 g/mol. The fourth-order valence-electron chi connectivity index (χ4n) is 3.97. The molecule has 5 rings (SSSR count). The molecule has 2 atom stereocenters. The van der Waals surface area contributed by atoms with Gasteiger partial charge >= 0.3 is 0 Å². The number of imidazole rings is 1. The molecule has 9 heteroatoms. The maximum atomic E-state index is 4.98. The van der Waals surface area contributed by atoms with E-state index >= 15 is 0 Å². The second-order valence-electron chi connectivity index (χ2n) is 7.60. The Bertz CT molecular complexity index is 1020. The summed E-state index contributed by atoms with van der Waals surface area (Å²) in [4.78, 5) is 9.69. The van der Waals surface area contributed by atoms with Gasteiger partial charge in [-0.3, -0.25) is 9.41 Å². The quantitative estimate of drug-likeness (QED) is 0.706. The minimum absolute atomic E-state index is 0.234. The van der Waals surface area contributed by atoms with Crippen molar-refractivity contribution in [1.29, 1.82) is 0 Å². The third-order valence-corrected chi connectivity index (χ3v) is 6.20. The van der Waals surface area contributed by atoms with E-state index in [9.17, 15) is 0 Å². The summed E-state index contributed by atoms with van der Waals surface area (Å²) in [6.07, 6.45) is 8.47. The monoisotopic (exact) mass is 396 g/mol. The molecule has 28 heavy (non-hydrogen) atoms. The third kappa shape index (κ3) is 3.24. The second kappa shape index (κ2) is 7.14. The molecule has 0 aromatic carbocycles. The lowest BCUT2D eigenvalue weighted by atomic mass is 9.96. The van der Waals surface area contributed by atoms with Crippen LogP contribution in [0.2, 0.25) is 0 Å². The fourth-order valence-corrected chi connectivity index (χ4v) is 4.63. The van der Waals surface area contributed by atoms with Crippen LogP contribution in [0, 0.1) is 6.92 Å². The molecule has 0 radical (unpaired) electrons. The molecule has 0 saturated carbocycles. The lowest BCUT2D eigenvalue weighted by Gasteiger charge is -2.23. The van der Waals surface area contributed by atoms with Crippen molar-refractivity contribution < 1.29 is 0 Å². The van der Waals surface area contributed by atoms with Crippen molar-refractivity contribution in [3.63, 3.8) is 0 Å². The van der Waals surface area contributed by atoms with Gasteiger partial charge in [-0.25, -0.2) is 9.97 Å². The van der Waals surface area contributed by atoms with Gasteiger partial charge in [-0.05, 0) is 43.9 Å². The van der Waals surface area contributed by atoms with E-state index in [4.69, 9.17) is 9.97 Å². The normalized spacial score (nSPS) is 22.3. The molecule has 2 aliphatic rings. The summed E-state index contributed by atoms with van der Waals surface area (Å²) in [7, 11) is 2.00. The molecule has 5 heterocycles. The van der Waals surface area contributed by atoms with Crippen molar-refractivity contribution in [2.24, 2.45) is 5.10 Å². The summed E-state index contributed by atoms with van der Waals surface area (Å²) in [5.74, 6) is 1.44. The van der Waals surface area contributed by atoms with Gasteiger partial charge in [-0.15, -0.1) is 0 Å². The zero-order valence-electron chi connectivity index (χ0n) is 16.1. The second-order valence-corrected chi connectivity index (χ2v) is 8.41. The van der Waals surface area contributed by atoms with Crippen LogP contribution >= 0.6 is 11.5 Å². The van der Waals surface area contributed by atoms with Gasteiger partial charge in [-0.2, -0.15) is 9.47 Å². The summed E-state index contributed by atoms with van der Waals surface area (Å²) in [6, 6.07) is 2.04. The Morgan fingerprint density at radius 3 is 3.00 bits per heavy atom. The first-order valence-corrected chi connectivity index (χ1v) is 10.5. The fraction of sp³-hybridized carbons (Fsp3) is 0.474. The molecule has 2 unspecified atom stereocenters. The van der Waals surface area contributed by atoms with Crippen molar-refractivity contribution in [1.82, 2.24) is 29.1 Å². The van der Waals surface area contributed by atoms with Crippen LogP contribution in [0.4, 0.5) is 10.8 Å². The third-order valence-electron chi connectivity index (χ3n) is 5.41. The molecule has 1 saturated heterocycles. The van der Waals surface area contributed by atoms with Crippen LogP contribution in [0.3, 0.4) is 0 Å². The van der Waals surface area contributed by atoms with Gasteiger partial charge in [0.05, 0.1) is 29.2 Å². The van der Waals surface area contributed by atoms with Crippen LogP contribution in [-0.2, 0) is 0 Å². The average molecular weight is 397 g/mol. The van der Waals surface area contributed by atoms with E-state index in [1.54, 1.807) is 0 Å². The van der Waals surface area contributed by atoms with E-state index in [0.717, 1.165) is 59.6 Å². The highest BCUT2D eigenvalue weighted by Crippen LogP contribution is 2.30. The van der Waals surface area contributed by atoms with Crippen LogP contribution < -0.4 is 10.6 Å². The number of nitrogens with one attached hydrogen (secondary N) is 2. The Morgan fingerprint density at radius 2 is 2.29 bits per heavy atom. The standard InChI is InChI=1S/C19H24N8S/c1-12-6-17(28-25-12)24-18-19-21-9-16(14-8-22-26(2)10-14)27(19)11-15(23-18)13-4-3-5-20-7-13/h6,8-9,11,13-14,20H,3-5,7,10H2,1-2H3,(H,23,24). The largest absolute Gasteiger partial charge is 0.328 e. The van der Waals surface area contributed by atoms with Crippen LogP contribution in [-0.4, -0.2) is 56.6 Å². The predicted molar refractivity (Wildman–Crippen MR) is 112 cm³/mol. The minimum atomic E-state index is 0.234. The number of hydrogen-bond acceptors (Lipinski definition) is 8. The van der Waals surface area contributed by atoms with Crippen LogP contribution in [0.5, 0.6) is 0 Å². The first-order chi connectivity index (χ1) is 13.7. The highest BCUT2D eigenvalue weighted by atomic mass is 32.1. The molecule has 3 aromatic rings. The summed E-state index contributed by atoms with van der Waals surface area (Å²) in [5, 5.41) is 14.3. The molecule has 146 valence electrons. The number of piperidine rings is 1. The number of hydrazone groups is 1. The Morgan fingerprint density at radius 1 is 1.36 bits per heavy atom. The molecule has 0 amide bonds. The van der Waals surface area contributed by atoms with E-state index in [-0.39, 0.29) is 5.92 Å². The highest BCUT2D eigenvalue weighted by molar-refractivity contribution is 7.10. The maximum Gasteiger partial charge on any atom is 0.180 e. The molecule has 0 aliphatic carbocycles. The lowest BCUT2D eigenvalue weighted by molar-refractivity contribution is 0.379. The van der Waals surface area contributed by atoms with Crippen LogP contribution in [0.25, 0.3) is 5.65 Å². The van der Waals surface area contributed by atoms with Gasteiger partial charge < -0.3 is 10.6 Å². The first kappa shape index (κ1) is 17.6. The number of anilines is 2. The van der Waals surface area contributed by atoms with E-state index in [1.165, 1.54) is 18.0 Å². The maximum absolute atomic E-state index is 4.98. The molecule has 8 nitrogen and oxygen atoms in total. The van der Waals surface area contributed by atoms with Gasteiger partial charge in [0.15, 0.2) is 11.5 Å². The number of hydrogen-bond donors (Lipinski definition) is 2. The van der Waals surface area contributed by atoms with E-state index in [1.807, 2.05) is 37.5 Å². The number of aryl methyl sites for hydroxylation is 1. The zero-order chi connectivity index (χ0) is 19.1. The zero-order valence-corrected chi connectivity index (χ0v) is 16.9. The first-order valence-electron chi connectivity index (χ1n) is 9.71. The SMILES string of the molecule is Cc1cc(Nc2nc(C3CCCNC3)cn3c(C4C=NN(C)C4)cnc23)sn1. The minimum Gasteiger partial charge on any atom is -0.328 e. The predicted octanol–water partition coefficient (Wildman–Crippen LogP) is 2.72. The van der Waals surface area contributed by atoms with Gasteiger partial charge in [0.25, 0.3) is 0 Å². The lowest BCUT2D eigenvalue weighted by Crippen LogP contribution is -2.29. The van der Waals surface area contributed by atoms with Crippen molar-refractivity contribution in [3.8, 4) is 0 Å². The Hall–Kier alpha value is -2.52. The number of nitrogens with zero attached hydrogens (tertiary/aromatic N) is 6. The molecule has 2 N–H and O–H groups in total. The molecule has 0 bridgehead atoms. The molecule has 2 aliphatic heterocycles. The topological polar surface area (TPSA) is 82.7 Å². The number of rotatable bonds is 4. The number of aromatic nitrogens is 4. The number of likely N-dealkylation sites (N-methyl/N-ethyl adjacent to an activating group) is 1. The van der Waals surface area contributed by atoms with Crippen molar-refractivity contribution >= 4 is 34.2 Å². The van der Waals surface area contributed by atoms with Crippen LogP contribution in [0.1, 0.15) is 41.8 Å². The van der Waals surface area contributed by atoms with Gasteiger partial charge in [0, 0.05) is 38.5 Å². The average Bonchev–Trinajstić information content (AvgIpc) is 3.42. The summed E-state index contributed by atoms with van der Waals surface area (Å²) < 4.78 is 6.57. The summed E-state index contributed by atoms with van der Waals surface area (Å²) >= 11 is 1.45. The van der Waals surface area contributed by atoms with E-state index in [2.05, 4.69) is 30.7 Å². The molecular formula is C19H24N8S. The smallest absolute Gasteiger partial charge is 0.180 e. The van der Waals surface area contributed by atoms with Crippen molar-refractivity contribution in [2.45, 2.75) is 31.6 Å². The van der Waals surface area contributed by atoms with Crippen molar-refractivity contribution in [3.05, 3.63) is 35.5 Å². The molecule has 0 spiro atoms. The Balaban J connectivity index is 1.59. The summed E-state index contributed by atoms with van der Waals surface area (Å²) in [6.45, 7) is 4.92. The number of fused-ring (bicyclic) bond motifs is 1.